The molecule has 0 spiro atoms. The number of hydrogen-bond acceptors (Lipinski definition) is 7. The summed E-state index contributed by atoms with van der Waals surface area (Å²) in [5, 5.41) is 23.7. The summed E-state index contributed by atoms with van der Waals surface area (Å²) >= 11 is 3.69. The number of aliphatic carboxylic acids is 2. The molecule has 172 valence electrons. The number of hydrogen-bond donors (Lipinski definition) is 6. The molecule has 0 aromatic rings. The third-order valence-electron chi connectivity index (χ3n) is 5.62. The van der Waals surface area contributed by atoms with Gasteiger partial charge in [0.1, 0.15) is 0 Å². The van der Waals surface area contributed by atoms with Gasteiger partial charge in [0.15, 0.2) is 0 Å². The van der Waals surface area contributed by atoms with Gasteiger partial charge >= 0.3 is 18.0 Å². The Hall–Kier alpha value is -1.17. The standard InChI is InChI=1S/C10H16N2O3S.C9H18N2O2S/c13-8(14)4-2-1-3-7-9-6(5-16-7)11-10(15)12-9;10-6-5-14-7(9(6)11)3-1-2-4-8(12)13/h6-7,9H,1-5H2,(H,13,14)(H2,11,12,15);6-7,9H,1-5,10-11H2,(H,12,13)/t2*6-,7-,9-/m00/s1. The Balaban J connectivity index is 0.000000216. The van der Waals surface area contributed by atoms with Crippen molar-refractivity contribution in [3.63, 3.8) is 0 Å². The molecule has 3 heterocycles. The van der Waals surface area contributed by atoms with E-state index in [0.717, 1.165) is 50.0 Å². The quantitative estimate of drug-likeness (QED) is 0.206. The van der Waals surface area contributed by atoms with Crippen molar-refractivity contribution < 1.29 is 24.6 Å². The molecule has 3 rings (SSSR count). The second kappa shape index (κ2) is 12.6. The number of fused-ring (bicyclic) bond motifs is 1. The fourth-order valence-electron chi connectivity index (χ4n) is 3.89. The number of carbonyl (C=O) groups is 3. The Morgan fingerprint density at radius 2 is 1.47 bits per heavy atom. The summed E-state index contributed by atoms with van der Waals surface area (Å²) in [5.41, 5.74) is 11.7. The molecule has 9 nitrogen and oxygen atoms in total. The number of thioether (sulfide) groups is 2. The molecule has 3 aliphatic heterocycles. The van der Waals surface area contributed by atoms with E-state index in [0.29, 0.717) is 10.5 Å². The molecule has 0 aromatic carbocycles. The van der Waals surface area contributed by atoms with Crippen LogP contribution in [-0.2, 0) is 9.59 Å². The predicted octanol–water partition coefficient (Wildman–Crippen LogP) is 1.20. The lowest BCUT2D eigenvalue weighted by molar-refractivity contribution is -0.138. The number of amides is 2. The molecule has 3 fully saturated rings. The Morgan fingerprint density at radius 1 is 0.900 bits per heavy atom. The molecular formula is C19H34N4O5S2. The van der Waals surface area contributed by atoms with E-state index >= 15 is 0 Å². The average Bonchev–Trinajstić information content (AvgIpc) is 3.32. The van der Waals surface area contributed by atoms with Crippen molar-refractivity contribution in [2.75, 3.05) is 11.5 Å². The van der Waals surface area contributed by atoms with Crippen LogP contribution in [0.15, 0.2) is 0 Å². The number of nitrogens with one attached hydrogen (secondary N) is 2. The number of carbonyl (C=O) groups excluding carboxylic acids is 1. The zero-order valence-electron chi connectivity index (χ0n) is 17.1. The molecule has 0 unspecified atom stereocenters. The maximum Gasteiger partial charge on any atom is 0.315 e. The third kappa shape index (κ3) is 8.16. The average molecular weight is 463 g/mol. The van der Waals surface area contributed by atoms with Crippen LogP contribution in [0.3, 0.4) is 0 Å². The number of rotatable bonds is 10. The van der Waals surface area contributed by atoms with Crippen molar-refractivity contribution in [2.24, 2.45) is 11.5 Å². The Bertz CT molecular complexity index is 597. The van der Waals surface area contributed by atoms with Crippen LogP contribution in [0, 0.1) is 0 Å². The van der Waals surface area contributed by atoms with Gasteiger partial charge in [-0.05, 0) is 25.7 Å². The second-order valence-electron chi connectivity index (χ2n) is 8.01. The van der Waals surface area contributed by atoms with Crippen LogP contribution in [0.2, 0.25) is 0 Å². The predicted molar refractivity (Wildman–Crippen MR) is 120 cm³/mol. The van der Waals surface area contributed by atoms with Crippen LogP contribution in [0.1, 0.15) is 51.4 Å². The van der Waals surface area contributed by atoms with Crippen LogP contribution in [-0.4, -0.2) is 74.4 Å². The number of unbranched alkanes of at least 4 members (excludes halogenated alkanes) is 2. The molecule has 3 aliphatic rings. The highest BCUT2D eigenvalue weighted by molar-refractivity contribution is 8.00. The van der Waals surface area contributed by atoms with E-state index in [-0.39, 0.29) is 43.0 Å². The maximum absolute atomic E-state index is 11.1. The zero-order chi connectivity index (χ0) is 22.1. The highest BCUT2D eigenvalue weighted by Crippen LogP contribution is 2.33. The maximum atomic E-state index is 11.1. The van der Waals surface area contributed by atoms with E-state index in [1.54, 1.807) is 0 Å². The molecule has 6 atom stereocenters. The summed E-state index contributed by atoms with van der Waals surface area (Å²) in [6, 6.07) is 0.643. The monoisotopic (exact) mass is 462 g/mol. The molecule has 0 aliphatic carbocycles. The Morgan fingerprint density at radius 3 is 2.00 bits per heavy atom. The van der Waals surface area contributed by atoms with Gasteiger partial charge in [-0.25, -0.2) is 4.79 Å². The van der Waals surface area contributed by atoms with Crippen molar-refractivity contribution in [3.8, 4) is 0 Å². The molecule has 2 amide bonds. The van der Waals surface area contributed by atoms with Gasteiger partial charge in [0, 0.05) is 46.9 Å². The fourth-order valence-corrected chi connectivity index (χ4v) is 6.89. The Kier molecular flexibility index (Phi) is 10.6. The lowest BCUT2D eigenvalue weighted by atomic mass is 10.0. The van der Waals surface area contributed by atoms with E-state index in [4.69, 9.17) is 21.7 Å². The summed E-state index contributed by atoms with van der Waals surface area (Å²) in [5.74, 6) is 0.454. The minimum atomic E-state index is -0.729. The topological polar surface area (TPSA) is 168 Å². The minimum absolute atomic E-state index is 0.0640. The van der Waals surface area contributed by atoms with Crippen molar-refractivity contribution in [1.82, 2.24) is 10.6 Å². The first kappa shape index (κ1) is 25.1. The van der Waals surface area contributed by atoms with Gasteiger partial charge in [0.2, 0.25) is 0 Å². The van der Waals surface area contributed by atoms with E-state index in [2.05, 4.69) is 10.6 Å². The largest absolute Gasteiger partial charge is 0.481 e. The third-order valence-corrected chi connectivity index (χ3v) is 8.69. The van der Waals surface area contributed by atoms with E-state index in [9.17, 15) is 14.4 Å². The van der Waals surface area contributed by atoms with Crippen molar-refractivity contribution in [2.45, 2.75) is 86.0 Å². The van der Waals surface area contributed by atoms with Gasteiger partial charge < -0.3 is 32.3 Å². The molecule has 3 saturated heterocycles. The van der Waals surface area contributed by atoms with Gasteiger partial charge in [-0.1, -0.05) is 12.8 Å². The minimum Gasteiger partial charge on any atom is -0.481 e. The van der Waals surface area contributed by atoms with Gasteiger partial charge in [0.05, 0.1) is 12.1 Å². The summed E-state index contributed by atoms with van der Waals surface area (Å²) in [6.07, 6.45) is 5.82. The van der Waals surface area contributed by atoms with Crippen LogP contribution >= 0.6 is 23.5 Å². The molecule has 30 heavy (non-hydrogen) atoms. The SMILES string of the molecule is N[C@@H]1[C@H](CCCCC(=O)O)SC[C@@H]1N.O=C(O)CCCC[C@@H]1SC[C@@H]2NC(=O)N[C@@H]21. The lowest BCUT2D eigenvalue weighted by Crippen LogP contribution is -2.43. The number of carboxylic acids is 2. The van der Waals surface area contributed by atoms with E-state index in [1.165, 1.54) is 0 Å². The summed E-state index contributed by atoms with van der Waals surface area (Å²) in [6.45, 7) is 0. The van der Waals surface area contributed by atoms with Crippen LogP contribution in [0.25, 0.3) is 0 Å². The van der Waals surface area contributed by atoms with E-state index in [1.807, 2.05) is 23.5 Å². The summed E-state index contributed by atoms with van der Waals surface area (Å²) in [4.78, 5) is 31.7. The van der Waals surface area contributed by atoms with E-state index < -0.39 is 11.9 Å². The zero-order valence-corrected chi connectivity index (χ0v) is 18.8. The molecular weight excluding hydrogens is 428 g/mol. The first-order valence-corrected chi connectivity index (χ1v) is 12.6. The smallest absolute Gasteiger partial charge is 0.315 e. The van der Waals surface area contributed by atoms with Crippen LogP contribution in [0.5, 0.6) is 0 Å². The molecule has 11 heteroatoms. The summed E-state index contributed by atoms with van der Waals surface area (Å²) in [7, 11) is 0. The van der Waals surface area contributed by atoms with Crippen LogP contribution < -0.4 is 22.1 Å². The Labute approximate surface area is 185 Å². The number of carboxylic acid groups (broad SMARTS) is 2. The lowest BCUT2D eigenvalue weighted by Gasteiger charge is -2.16. The van der Waals surface area contributed by atoms with Crippen molar-refractivity contribution in [1.29, 1.82) is 0 Å². The van der Waals surface area contributed by atoms with Gasteiger partial charge in [-0.2, -0.15) is 23.5 Å². The highest BCUT2D eigenvalue weighted by atomic mass is 32.2. The summed E-state index contributed by atoms with van der Waals surface area (Å²) < 4.78 is 0. The number of nitrogens with two attached hydrogens (primary N) is 2. The van der Waals surface area contributed by atoms with Gasteiger partial charge in [0.25, 0.3) is 0 Å². The van der Waals surface area contributed by atoms with Crippen molar-refractivity contribution >= 4 is 41.5 Å². The van der Waals surface area contributed by atoms with Crippen LogP contribution in [0.4, 0.5) is 4.79 Å². The van der Waals surface area contributed by atoms with Gasteiger partial charge in [-0.3, -0.25) is 9.59 Å². The number of urea groups is 1. The fraction of sp³-hybridized carbons (Fsp3) is 0.842. The molecule has 0 radical (unpaired) electrons. The molecule has 0 bridgehead atoms. The molecule has 8 N–H and O–H groups in total. The first-order chi connectivity index (χ1) is 14.3. The second-order valence-corrected chi connectivity index (χ2v) is 10.6. The highest BCUT2D eigenvalue weighted by Gasteiger charge is 2.42. The normalized spacial score (nSPS) is 32.0. The molecule has 0 aromatic heterocycles. The van der Waals surface area contributed by atoms with Crippen molar-refractivity contribution in [3.05, 3.63) is 0 Å². The molecule has 0 saturated carbocycles. The van der Waals surface area contributed by atoms with Gasteiger partial charge in [-0.15, -0.1) is 0 Å². The first-order valence-electron chi connectivity index (χ1n) is 10.5.